The predicted octanol–water partition coefficient (Wildman–Crippen LogP) is 4.38. The molecule has 0 bridgehead atoms. The van der Waals surface area contributed by atoms with Crippen molar-refractivity contribution < 1.29 is 22.3 Å². The van der Waals surface area contributed by atoms with E-state index < -0.39 is 29.2 Å². The van der Waals surface area contributed by atoms with Gasteiger partial charge in [0.2, 0.25) is 11.6 Å². The number of benzene rings is 1. The average Bonchev–Trinajstić information content (AvgIpc) is 3.04. The minimum Gasteiger partial charge on any atom is -0.494 e. The first kappa shape index (κ1) is 16.5. The molecular weight excluding hydrogens is 324 g/mol. The van der Waals surface area contributed by atoms with Crippen LogP contribution in [0, 0.1) is 23.5 Å². The first-order valence-corrected chi connectivity index (χ1v) is 7.72. The van der Waals surface area contributed by atoms with Gasteiger partial charge >= 0.3 is 0 Å². The predicted molar refractivity (Wildman–Crippen MR) is 81.0 cm³/mol. The zero-order valence-electron chi connectivity index (χ0n) is 13.0. The number of hydrogen-bond acceptors (Lipinski definition) is 3. The minimum atomic E-state index is -1.64. The van der Waals surface area contributed by atoms with Crippen LogP contribution in [-0.2, 0) is 0 Å². The van der Waals surface area contributed by atoms with Gasteiger partial charge in [0.15, 0.2) is 0 Å². The number of halogens is 4. The summed E-state index contributed by atoms with van der Waals surface area (Å²) < 4.78 is 60.3. The van der Waals surface area contributed by atoms with Crippen LogP contribution in [0.25, 0.3) is 0 Å². The SMILES string of the molecule is CCOc1ccc(C2CCCN2c2c(F)c(F)nc(F)c2F)cc1. The highest BCUT2D eigenvalue weighted by Crippen LogP contribution is 2.39. The molecule has 1 unspecified atom stereocenters. The lowest BCUT2D eigenvalue weighted by Crippen LogP contribution is -2.26. The molecule has 1 saturated heterocycles. The Morgan fingerprint density at radius 2 is 1.71 bits per heavy atom. The zero-order valence-corrected chi connectivity index (χ0v) is 13.0. The molecule has 1 aliphatic rings. The summed E-state index contributed by atoms with van der Waals surface area (Å²) in [6.45, 7) is 2.69. The topological polar surface area (TPSA) is 25.4 Å². The fourth-order valence-electron chi connectivity index (χ4n) is 3.06. The largest absolute Gasteiger partial charge is 0.494 e. The zero-order chi connectivity index (χ0) is 17.3. The van der Waals surface area contributed by atoms with Crippen LogP contribution in [0.5, 0.6) is 5.75 Å². The van der Waals surface area contributed by atoms with Crippen molar-refractivity contribution in [2.75, 3.05) is 18.1 Å². The third-order valence-corrected chi connectivity index (χ3v) is 4.09. The van der Waals surface area contributed by atoms with Crippen molar-refractivity contribution in [1.29, 1.82) is 0 Å². The third kappa shape index (κ3) is 2.90. The van der Waals surface area contributed by atoms with E-state index in [0.717, 1.165) is 5.56 Å². The van der Waals surface area contributed by atoms with Crippen molar-refractivity contribution in [1.82, 2.24) is 4.98 Å². The maximum atomic E-state index is 14.0. The lowest BCUT2D eigenvalue weighted by Gasteiger charge is -2.28. The average molecular weight is 340 g/mol. The van der Waals surface area contributed by atoms with Crippen molar-refractivity contribution in [3.05, 3.63) is 53.4 Å². The molecule has 0 saturated carbocycles. The van der Waals surface area contributed by atoms with Gasteiger partial charge in [-0.1, -0.05) is 12.1 Å². The van der Waals surface area contributed by atoms with E-state index in [1.807, 2.05) is 6.92 Å². The minimum absolute atomic E-state index is 0.300. The number of nitrogens with zero attached hydrogens (tertiary/aromatic N) is 2. The highest BCUT2D eigenvalue weighted by Gasteiger charge is 2.33. The van der Waals surface area contributed by atoms with Crippen molar-refractivity contribution in [3.8, 4) is 5.75 Å². The summed E-state index contributed by atoms with van der Waals surface area (Å²) in [4.78, 5) is 3.96. The van der Waals surface area contributed by atoms with Gasteiger partial charge in [-0.25, -0.2) is 0 Å². The molecule has 3 rings (SSSR count). The van der Waals surface area contributed by atoms with E-state index in [4.69, 9.17) is 4.74 Å². The molecule has 7 heteroatoms. The molecule has 0 aliphatic carbocycles. The molecule has 24 heavy (non-hydrogen) atoms. The van der Waals surface area contributed by atoms with Crippen LogP contribution in [0.1, 0.15) is 31.4 Å². The summed E-state index contributed by atoms with van der Waals surface area (Å²) in [7, 11) is 0. The fourth-order valence-corrected chi connectivity index (χ4v) is 3.06. The summed E-state index contributed by atoms with van der Waals surface area (Å²) in [6.07, 6.45) is 1.28. The van der Waals surface area contributed by atoms with Gasteiger partial charge in [-0.05, 0) is 37.5 Å². The lowest BCUT2D eigenvalue weighted by atomic mass is 10.0. The Hall–Kier alpha value is -2.31. The molecule has 1 aliphatic heterocycles. The second-order valence-corrected chi connectivity index (χ2v) is 5.52. The Morgan fingerprint density at radius 1 is 1.08 bits per heavy atom. The first-order chi connectivity index (χ1) is 11.5. The summed E-state index contributed by atoms with van der Waals surface area (Å²) in [5.41, 5.74) is 0.101. The molecule has 128 valence electrons. The monoisotopic (exact) mass is 340 g/mol. The molecule has 1 aromatic heterocycles. The molecule has 1 aromatic carbocycles. The molecule has 0 spiro atoms. The standard InChI is InChI=1S/C17H16F4N2O/c1-2-24-11-7-5-10(6-8-11)12-4-3-9-23(12)15-13(18)16(20)22-17(21)14(15)19/h5-8,12H,2-4,9H2,1H3. The number of aromatic nitrogens is 1. The van der Waals surface area contributed by atoms with Gasteiger partial charge in [0.05, 0.1) is 12.6 Å². The van der Waals surface area contributed by atoms with Crippen molar-refractivity contribution in [2.24, 2.45) is 0 Å². The van der Waals surface area contributed by atoms with E-state index in [9.17, 15) is 17.6 Å². The van der Waals surface area contributed by atoms with Crippen LogP contribution in [0.2, 0.25) is 0 Å². The van der Waals surface area contributed by atoms with Gasteiger partial charge in [-0.15, -0.1) is 0 Å². The second-order valence-electron chi connectivity index (χ2n) is 5.52. The number of hydrogen-bond donors (Lipinski definition) is 0. The van der Waals surface area contributed by atoms with Gasteiger partial charge in [0.1, 0.15) is 11.4 Å². The van der Waals surface area contributed by atoms with E-state index in [2.05, 4.69) is 4.98 Å². The van der Waals surface area contributed by atoms with Gasteiger partial charge in [0.25, 0.3) is 11.9 Å². The Balaban J connectivity index is 1.97. The van der Waals surface area contributed by atoms with E-state index in [1.165, 1.54) is 4.90 Å². The van der Waals surface area contributed by atoms with Crippen LogP contribution >= 0.6 is 0 Å². The van der Waals surface area contributed by atoms with E-state index in [-0.39, 0.29) is 6.04 Å². The molecular formula is C17H16F4N2O. The Bertz CT molecular complexity index is 710. The summed E-state index contributed by atoms with van der Waals surface area (Å²) in [5.74, 6) is -5.52. The highest BCUT2D eigenvalue weighted by molar-refractivity contribution is 5.52. The van der Waals surface area contributed by atoms with Crippen LogP contribution < -0.4 is 9.64 Å². The summed E-state index contributed by atoms with van der Waals surface area (Å²) in [6, 6.07) is 6.73. The van der Waals surface area contributed by atoms with E-state index in [0.29, 0.717) is 31.7 Å². The molecule has 3 nitrogen and oxygen atoms in total. The third-order valence-electron chi connectivity index (χ3n) is 4.09. The molecule has 1 fully saturated rings. The quantitative estimate of drug-likeness (QED) is 0.610. The van der Waals surface area contributed by atoms with Crippen LogP contribution in [0.3, 0.4) is 0 Å². The highest BCUT2D eigenvalue weighted by atomic mass is 19.2. The van der Waals surface area contributed by atoms with Gasteiger partial charge < -0.3 is 9.64 Å². The first-order valence-electron chi connectivity index (χ1n) is 7.72. The maximum Gasteiger partial charge on any atom is 0.253 e. The maximum absolute atomic E-state index is 14.0. The van der Waals surface area contributed by atoms with Gasteiger partial charge in [-0.2, -0.15) is 22.5 Å². The van der Waals surface area contributed by atoms with Crippen LogP contribution in [0.4, 0.5) is 23.2 Å². The van der Waals surface area contributed by atoms with Crippen molar-refractivity contribution >= 4 is 5.69 Å². The smallest absolute Gasteiger partial charge is 0.253 e. The second kappa shape index (κ2) is 6.67. The van der Waals surface area contributed by atoms with Crippen molar-refractivity contribution in [3.63, 3.8) is 0 Å². The van der Waals surface area contributed by atoms with Crippen molar-refractivity contribution in [2.45, 2.75) is 25.8 Å². The number of ether oxygens (including phenoxy) is 1. The summed E-state index contributed by atoms with van der Waals surface area (Å²) >= 11 is 0. The summed E-state index contributed by atoms with van der Waals surface area (Å²) in [5, 5.41) is 0. The Kier molecular flexibility index (Phi) is 4.59. The Labute approximate surface area is 136 Å². The molecule has 1 atom stereocenters. The molecule has 0 radical (unpaired) electrons. The number of rotatable bonds is 4. The fraction of sp³-hybridized carbons (Fsp3) is 0.353. The normalized spacial score (nSPS) is 17.4. The molecule has 0 N–H and O–H groups in total. The molecule has 2 heterocycles. The van der Waals surface area contributed by atoms with E-state index >= 15 is 0 Å². The molecule has 0 amide bonds. The lowest BCUT2D eigenvalue weighted by molar-refractivity contribution is 0.340. The van der Waals surface area contributed by atoms with Gasteiger partial charge in [0, 0.05) is 6.54 Å². The van der Waals surface area contributed by atoms with E-state index in [1.54, 1.807) is 24.3 Å². The van der Waals surface area contributed by atoms with Crippen LogP contribution in [-0.4, -0.2) is 18.1 Å². The number of pyridine rings is 1. The number of anilines is 1. The van der Waals surface area contributed by atoms with Gasteiger partial charge in [-0.3, -0.25) is 0 Å². The molecule has 2 aromatic rings. The van der Waals surface area contributed by atoms with Crippen LogP contribution in [0.15, 0.2) is 24.3 Å². The Morgan fingerprint density at radius 3 is 2.29 bits per heavy atom.